The number of allylic oxidation sites excluding steroid dienone is 2. The van der Waals surface area contributed by atoms with E-state index in [0.717, 1.165) is 17.9 Å². The molecule has 0 N–H and O–H groups in total. The Morgan fingerprint density at radius 3 is 2.88 bits per heavy atom. The Labute approximate surface area is 105 Å². The van der Waals surface area contributed by atoms with Gasteiger partial charge in [0.15, 0.2) is 0 Å². The fraction of sp³-hybridized carbons (Fsp3) is 0.429. The Morgan fingerprint density at radius 2 is 2.19 bits per heavy atom. The van der Waals surface area contributed by atoms with Gasteiger partial charge in [-0.2, -0.15) is 0 Å². The second-order valence-electron chi connectivity index (χ2n) is 4.44. The molecule has 1 aliphatic rings. The van der Waals surface area contributed by atoms with E-state index in [4.69, 9.17) is 0 Å². The van der Waals surface area contributed by atoms with Crippen molar-refractivity contribution in [1.29, 1.82) is 0 Å². The lowest BCUT2D eigenvalue weighted by Gasteiger charge is -2.17. The van der Waals surface area contributed by atoms with Crippen LogP contribution in [0.25, 0.3) is 0 Å². The molecule has 1 aromatic carbocycles. The number of halogens is 2. The molecule has 0 radical (unpaired) electrons. The molecule has 1 aromatic rings. The predicted molar refractivity (Wildman–Crippen MR) is 68.9 cm³/mol. The van der Waals surface area contributed by atoms with Crippen molar-refractivity contribution in [2.24, 2.45) is 5.92 Å². The third-order valence-corrected chi connectivity index (χ3v) is 3.85. The summed E-state index contributed by atoms with van der Waals surface area (Å²) in [4.78, 5) is 0. The van der Waals surface area contributed by atoms with Gasteiger partial charge in [-0.15, -0.1) is 0 Å². The molecule has 0 fully saturated rings. The third kappa shape index (κ3) is 3.18. The van der Waals surface area contributed by atoms with Gasteiger partial charge in [-0.1, -0.05) is 18.2 Å². The highest BCUT2D eigenvalue weighted by Crippen LogP contribution is 2.24. The average molecular weight is 283 g/mol. The molecule has 0 aliphatic heterocycles. The zero-order valence-electron chi connectivity index (χ0n) is 9.26. The molecule has 1 aliphatic carbocycles. The summed E-state index contributed by atoms with van der Waals surface area (Å²) in [5.41, 5.74) is 1.11. The highest BCUT2D eigenvalue weighted by atomic mass is 79.9. The SMILES string of the molecule is Fc1cc(CCC2CC=CCC2)ccc1Br. The van der Waals surface area contributed by atoms with Crippen LogP contribution in [0.15, 0.2) is 34.8 Å². The maximum Gasteiger partial charge on any atom is 0.137 e. The van der Waals surface area contributed by atoms with Crippen molar-refractivity contribution >= 4 is 15.9 Å². The molecule has 0 saturated carbocycles. The first-order chi connectivity index (χ1) is 7.75. The predicted octanol–water partition coefficient (Wildman–Crippen LogP) is 4.88. The molecule has 0 aromatic heterocycles. The van der Waals surface area contributed by atoms with Crippen molar-refractivity contribution in [2.45, 2.75) is 32.1 Å². The van der Waals surface area contributed by atoms with E-state index < -0.39 is 0 Å². The van der Waals surface area contributed by atoms with Crippen LogP contribution in [0.2, 0.25) is 0 Å². The molecule has 16 heavy (non-hydrogen) atoms. The second-order valence-corrected chi connectivity index (χ2v) is 5.29. The minimum Gasteiger partial charge on any atom is -0.206 e. The zero-order valence-corrected chi connectivity index (χ0v) is 10.8. The van der Waals surface area contributed by atoms with Crippen molar-refractivity contribution < 1.29 is 4.39 Å². The molecule has 1 atom stereocenters. The molecular weight excluding hydrogens is 267 g/mol. The molecule has 0 bridgehead atoms. The van der Waals surface area contributed by atoms with Crippen LogP contribution in [0, 0.1) is 11.7 Å². The molecule has 2 rings (SSSR count). The largest absolute Gasteiger partial charge is 0.206 e. The summed E-state index contributed by atoms with van der Waals surface area (Å²) < 4.78 is 13.8. The number of rotatable bonds is 3. The monoisotopic (exact) mass is 282 g/mol. The van der Waals surface area contributed by atoms with Crippen molar-refractivity contribution in [3.8, 4) is 0 Å². The van der Waals surface area contributed by atoms with Crippen LogP contribution >= 0.6 is 15.9 Å². The molecule has 0 saturated heterocycles. The van der Waals surface area contributed by atoms with Crippen LogP contribution in [-0.4, -0.2) is 0 Å². The van der Waals surface area contributed by atoms with Crippen LogP contribution in [-0.2, 0) is 6.42 Å². The standard InChI is InChI=1S/C14H16BrF/c15-13-9-8-12(10-14(13)16)7-6-11-4-2-1-3-5-11/h1-2,8-11H,3-7H2. The first-order valence-electron chi connectivity index (χ1n) is 5.84. The first kappa shape index (κ1) is 11.8. The van der Waals surface area contributed by atoms with Gasteiger partial charge < -0.3 is 0 Å². The van der Waals surface area contributed by atoms with E-state index in [2.05, 4.69) is 28.1 Å². The van der Waals surface area contributed by atoms with Gasteiger partial charge in [0.1, 0.15) is 5.82 Å². The summed E-state index contributed by atoms with van der Waals surface area (Å²) in [5, 5.41) is 0. The number of benzene rings is 1. The molecule has 0 nitrogen and oxygen atoms in total. The van der Waals surface area contributed by atoms with Gasteiger partial charge in [0.2, 0.25) is 0 Å². The minimum atomic E-state index is -0.152. The van der Waals surface area contributed by atoms with Gasteiger partial charge in [0.25, 0.3) is 0 Å². The summed E-state index contributed by atoms with van der Waals surface area (Å²) in [7, 11) is 0. The summed E-state index contributed by atoms with van der Waals surface area (Å²) >= 11 is 3.17. The molecule has 0 amide bonds. The minimum absolute atomic E-state index is 0.152. The lowest BCUT2D eigenvalue weighted by Crippen LogP contribution is -2.04. The highest BCUT2D eigenvalue weighted by Gasteiger charge is 2.10. The van der Waals surface area contributed by atoms with E-state index in [-0.39, 0.29) is 5.82 Å². The van der Waals surface area contributed by atoms with Crippen LogP contribution in [0.3, 0.4) is 0 Å². The molecular formula is C14H16BrF. The van der Waals surface area contributed by atoms with Gasteiger partial charge in [0, 0.05) is 0 Å². The molecule has 0 heterocycles. The Hall–Kier alpha value is -0.630. The second kappa shape index (κ2) is 5.62. The van der Waals surface area contributed by atoms with Gasteiger partial charge >= 0.3 is 0 Å². The smallest absolute Gasteiger partial charge is 0.137 e. The summed E-state index contributed by atoms with van der Waals surface area (Å²) in [6, 6.07) is 5.44. The van der Waals surface area contributed by atoms with Crippen LogP contribution in [0.4, 0.5) is 4.39 Å². The van der Waals surface area contributed by atoms with Crippen LogP contribution < -0.4 is 0 Å². The van der Waals surface area contributed by atoms with Gasteiger partial charge in [-0.05, 0) is 71.6 Å². The fourth-order valence-corrected chi connectivity index (χ4v) is 2.43. The Balaban J connectivity index is 1.89. The number of hydrogen-bond acceptors (Lipinski definition) is 0. The Bertz CT molecular complexity index is 384. The Morgan fingerprint density at radius 1 is 1.31 bits per heavy atom. The fourth-order valence-electron chi connectivity index (χ4n) is 2.18. The van der Waals surface area contributed by atoms with E-state index >= 15 is 0 Å². The molecule has 1 unspecified atom stereocenters. The van der Waals surface area contributed by atoms with Crippen molar-refractivity contribution in [2.75, 3.05) is 0 Å². The van der Waals surface area contributed by atoms with Gasteiger partial charge in [-0.25, -0.2) is 4.39 Å². The third-order valence-electron chi connectivity index (χ3n) is 3.20. The van der Waals surface area contributed by atoms with E-state index in [9.17, 15) is 4.39 Å². The van der Waals surface area contributed by atoms with Gasteiger partial charge in [-0.3, -0.25) is 0 Å². The quantitative estimate of drug-likeness (QED) is 0.694. The van der Waals surface area contributed by atoms with E-state index in [0.29, 0.717) is 4.47 Å². The maximum absolute atomic E-state index is 13.3. The number of hydrogen-bond donors (Lipinski definition) is 0. The summed E-state index contributed by atoms with van der Waals surface area (Å²) in [5.74, 6) is 0.637. The van der Waals surface area contributed by atoms with Crippen molar-refractivity contribution in [3.05, 3.63) is 46.2 Å². The first-order valence-corrected chi connectivity index (χ1v) is 6.64. The van der Waals surface area contributed by atoms with Crippen molar-refractivity contribution in [3.63, 3.8) is 0 Å². The van der Waals surface area contributed by atoms with E-state index in [1.54, 1.807) is 12.1 Å². The lowest BCUT2D eigenvalue weighted by atomic mass is 9.89. The topological polar surface area (TPSA) is 0 Å². The molecule has 0 spiro atoms. The van der Waals surface area contributed by atoms with Gasteiger partial charge in [0.05, 0.1) is 4.47 Å². The summed E-state index contributed by atoms with van der Waals surface area (Å²) in [6.45, 7) is 0. The lowest BCUT2D eigenvalue weighted by molar-refractivity contribution is 0.445. The molecule has 2 heteroatoms. The Kier molecular flexibility index (Phi) is 4.16. The van der Waals surface area contributed by atoms with Crippen LogP contribution in [0.1, 0.15) is 31.2 Å². The maximum atomic E-state index is 13.3. The zero-order chi connectivity index (χ0) is 11.4. The highest BCUT2D eigenvalue weighted by molar-refractivity contribution is 9.10. The van der Waals surface area contributed by atoms with Crippen LogP contribution in [0.5, 0.6) is 0 Å². The average Bonchev–Trinajstić information content (AvgIpc) is 2.32. The number of aryl methyl sites for hydroxylation is 1. The molecule has 86 valence electrons. The van der Waals surface area contributed by atoms with E-state index in [1.165, 1.54) is 25.7 Å². The normalized spacial score (nSPS) is 20.0. The van der Waals surface area contributed by atoms with Crippen molar-refractivity contribution in [1.82, 2.24) is 0 Å². The van der Waals surface area contributed by atoms with E-state index in [1.807, 2.05) is 6.07 Å². The summed E-state index contributed by atoms with van der Waals surface area (Å²) in [6.07, 6.45) is 10.4.